The van der Waals surface area contributed by atoms with Crippen molar-refractivity contribution >= 4 is 24.3 Å². The molecule has 0 aliphatic heterocycles. The number of Topliss-reactive ketones (excluding diaryl/α,β-unsaturated/α-hetero) is 1. The van der Waals surface area contributed by atoms with Crippen LogP contribution in [0.4, 0.5) is 0 Å². The Morgan fingerprint density at radius 1 is 1.28 bits per heavy atom. The Bertz CT molecular complexity index is 764. The molecule has 4 rings (SSSR count). The summed E-state index contributed by atoms with van der Waals surface area (Å²) in [6.45, 7) is -0.992. The zero-order valence-electron chi connectivity index (χ0n) is 14.7. The van der Waals surface area contributed by atoms with Gasteiger partial charge in [-0.1, -0.05) is 13.0 Å². The van der Waals surface area contributed by atoms with Crippen molar-refractivity contribution in [1.29, 1.82) is 0 Å². The molecule has 3 aliphatic carbocycles. The molecule has 2 fully saturated rings. The molecule has 0 aromatic heterocycles. The third-order valence-electron chi connectivity index (χ3n) is 6.86. The Morgan fingerprint density at radius 3 is 2.84 bits per heavy atom. The second-order valence-electron chi connectivity index (χ2n) is 7.94. The zero-order valence-corrected chi connectivity index (χ0v) is 16.4. The molecular formula is C19H25O4PS. The van der Waals surface area contributed by atoms with Gasteiger partial charge in [0, 0.05) is 30.8 Å². The highest BCUT2D eigenvalue weighted by atomic mass is 32.5. The molecule has 6 heteroatoms. The van der Waals surface area contributed by atoms with Crippen molar-refractivity contribution in [3.8, 4) is 5.75 Å². The molecule has 0 spiro atoms. The molecule has 1 unspecified atom stereocenters. The number of rotatable bonds is 3. The van der Waals surface area contributed by atoms with Crippen molar-refractivity contribution < 1.29 is 18.7 Å². The van der Waals surface area contributed by atoms with Crippen LogP contribution < -0.4 is 4.52 Å². The third kappa shape index (κ3) is 2.90. The van der Waals surface area contributed by atoms with Crippen LogP contribution in [0.2, 0.25) is 0 Å². The summed E-state index contributed by atoms with van der Waals surface area (Å²) < 4.78 is 10.3. The van der Waals surface area contributed by atoms with Crippen LogP contribution in [0.3, 0.4) is 0 Å². The van der Waals surface area contributed by atoms with Crippen LogP contribution in [0, 0.1) is 17.3 Å². The normalized spacial score (nSPS) is 36.1. The van der Waals surface area contributed by atoms with Gasteiger partial charge in [0.15, 0.2) is 0 Å². The van der Waals surface area contributed by atoms with E-state index in [1.54, 1.807) is 0 Å². The molecule has 0 bridgehead atoms. The van der Waals surface area contributed by atoms with Crippen molar-refractivity contribution in [2.45, 2.75) is 51.4 Å². The lowest BCUT2D eigenvalue weighted by molar-refractivity contribution is -0.129. The van der Waals surface area contributed by atoms with Gasteiger partial charge in [0.2, 0.25) is 0 Å². The number of hydrogen-bond acceptors (Lipinski definition) is 4. The summed E-state index contributed by atoms with van der Waals surface area (Å²) in [6.07, 6.45) is 6.06. The summed E-state index contributed by atoms with van der Waals surface area (Å²) in [5.74, 6) is 2.77. The highest BCUT2D eigenvalue weighted by Gasteiger charge is 2.54. The van der Waals surface area contributed by atoms with Crippen LogP contribution in [0.25, 0.3) is 0 Å². The molecule has 1 N–H and O–H groups in total. The lowest BCUT2D eigenvalue weighted by Crippen LogP contribution is -2.42. The zero-order chi connectivity index (χ0) is 17.8. The van der Waals surface area contributed by atoms with Gasteiger partial charge >= 0.3 is 6.72 Å². The predicted molar refractivity (Wildman–Crippen MR) is 100 cm³/mol. The van der Waals surface area contributed by atoms with Crippen molar-refractivity contribution in [2.75, 3.05) is 7.11 Å². The Kier molecular flexibility index (Phi) is 4.35. The van der Waals surface area contributed by atoms with Gasteiger partial charge in [-0.05, 0) is 73.1 Å². The minimum Gasteiger partial charge on any atom is -0.424 e. The van der Waals surface area contributed by atoms with E-state index in [2.05, 4.69) is 13.0 Å². The Balaban J connectivity index is 1.61. The minimum atomic E-state index is -3.19. The average Bonchev–Trinajstić information content (AvgIpc) is 2.89. The first-order chi connectivity index (χ1) is 11.8. The van der Waals surface area contributed by atoms with Gasteiger partial charge in [0.05, 0.1) is 0 Å². The Hall–Kier alpha value is -0.740. The Labute approximate surface area is 154 Å². The summed E-state index contributed by atoms with van der Waals surface area (Å²) >= 11 is 4.94. The molecule has 25 heavy (non-hydrogen) atoms. The first-order valence-corrected chi connectivity index (χ1v) is 11.7. The third-order valence-corrected chi connectivity index (χ3v) is 8.43. The smallest absolute Gasteiger partial charge is 0.377 e. The van der Waals surface area contributed by atoms with Gasteiger partial charge in [0.25, 0.3) is 0 Å². The first kappa shape index (κ1) is 17.7. The van der Waals surface area contributed by atoms with E-state index in [0.29, 0.717) is 29.3 Å². The lowest BCUT2D eigenvalue weighted by Gasteiger charge is -2.48. The van der Waals surface area contributed by atoms with Crippen LogP contribution in [0.1, 0.15) is 56.1 Å². The molecule has 1 aromatic carbocycles. The summed E-state index contributed by atoms with van der Waals surface area (Å²) in [4.78, 5) is 22.3. The van der Waals surface area contributed by atoms with Gasteiger partial charge in [-0.15, -0.1) is 0 Å². The van der Waals surface area contributed by atoms with Crippen LogP contribution in [0.15, 0.2) is 18.2 Å². The molecule has 136 valence electrons. The molecule has 5 atom stereocenters. The van der Waals surface area contributed by atoms with Crippen LogP contribution in [0.5, 0.6) is 5.75 Å². The monoisotopic (exact) mass is 380 g/mol. The molecule has 0 amide bonds. The van der Waals surface area contributed by atoms with E-state index in [1.807, 2.05) is 12.1 Å². The fraction of sp³-hybridized carbons (Fsp3) is 0.632. The Morgan fingerprint density at radius 2 is 2.08 bits per heavy atom. The molecular weight excluding hydrogens is 355 g/mol. The molecule has 2 saturated carbocycles. The van der Waals surface area contributed by atoms with Crippen LogP contribution in [-0.4, -0.2) is 17.8 Å². The SMILES string of the molecule is COP(O)(=S)Oc1ccc2c(c1)CC[C@@H]1[C@@H]2CC[C@]2(C)C(=O)CC[C@@H]12. The van der Waals surface area contributed by atoms with Gasteiger partial charge in [-0.2, -0.15) is 0 Å². The number of benzene rings is 1. The van der Waals surface area contributed by atoms with Gasteiger partial charge in [-0.25, -0.2) is 0 Å². The summed E-state index contributed by atoms with van der Waals surface area (Å²) in [5, 5.41) is 0. The van der Waals surface area contributed by atoms with Gasteiger partial charge in [0.1, 0.15) is 11.5 Å². The van der Waals surface area contributed by atoms with Crippen molar-refractivity contribution in [1.82, 2.24) is 0 Å². The molecule has 4 nitrogen and oxygen atoms in total. The van der Waals surface area contributed by atoms with E-state index < -0.39 is 6.72 Å². The summed E-state index contributed by atoms with van der Waals surface area (Å²) in [5.41, 5.74) is 2.61. The number of carbonyl (C=O) groups excluding carboxylic acids is 1. The van der Waals surface area contributed by atoms with Crippen LogP contribution in [-0.2, 0) is 27.5 Å². The lowest BCUT2D eigenvalue weighted by atomic mass is 9.55. The number of fused-ring (bicyclic) bond motifs is 5. The van der Waals surface area contributed by atoms with E-state index in [0.717, 1.165) is 38.5 Å². The van der Waals surface area contributed by atoms with Crippen molar-refractivity contribution in [2.24, 2.45) is 17.3 Å². The molecule has 1 aromatic rings. The number of carbonyl (C=O) groups is 1. The second-order valence-corrected chi connectivity index (χ2v) is 10.8. The van der Waals surface area contributed by atoms with Crippen molar-refractivity contribution in [3.05, 3.63) is 29.3 Å². The molecule has 0 heterocycles. The highest BCUT2D eigenvalue weighted by Crippen LogP contribution is 2.59. The van der Waals surface area contributed by atoms with Gasteiger partial charge in [-0.3, -0.25) is 4.79 Å². The number of hydrogen-bond donors (Lipinski definition) is 1. The van der Waals surface area contributed by atoms with Crippen molar-refractivity contribution in [3.63, 3.8) is 0 Å². The maximum absolute atomic E-state index is 12.4. The fourth-order valence-electron chi connectivity index (χ4n) is 5.56. The first-order valence-electron chi connectivity index (χ1n) is 9.08. The maximum Gasteiger partial charge on any atom is 0.377 e. The summed E-state index contributed by atoms with van der Waals surface area (Å²) in [7, 11) is 1.37. The van der Waals surface area contributed by atoms with E-state index in [9.17, 15) is 9.69 Å². The number of aryl methyl sites for hydroxylation is 1. The van der Waals surface area contributed by atoms with E-state index in [-0.39, 0.29) is 5.41 Å². The summed E-state index contributed by atoms with van der Waals surface area (Å²) in [6, 6.07) is 6.03. The average molecular weight is 380 g/mol. The van der Waals surface area contributed by atoms with Gasteiger partial charge < -0.3 is 13.9 Å². The van der Waals surface area contributed by atoms with Crippen LogP contribution >= 0.6 is 6.72 Å². The maximum atomic E-state index is 12.4. The molecule has 0 saturated heterocycles. The highest BCUT2D eigenvalue weighted by molar-refractivity contribution is 8.07. The standard InChI is InChI=1S/C19H25O4PS/c1-19-10-9-15-14-6-4-13(23-24(21,25)22-2)11-12(14)3-5-16(15)17(19)7-8-18(19)20/h4,6,11,15-17H,3,5,7-10H2,1-2H3,(H,21,25)/t15-,16-,17+,19+,24?/m1/s1. The van der Waals surface area contributed by atoms with E-state index in [4.69, 9.17) is 20.9 Å². The topological polar surface area (TPSA) is 55.8 Å². The second kappa shape index (κ2) is 6.16. The minimum absolute atomic E-state index is 0.0799. The number of ketones is 1. The quantitative estimate of drug-likeness (QED) is 0.790. The van der Waals surface area contributed by atoms with E-state index >= 15 is 0 Å². The fourth-order valence-corrected chi connectivity index (χ4v) is 6.27. The molecule has 0 radical (unpaired) electrons. The predicted octanol–water partition coefficient (Wildman–Crippen LogP) is 4.35. The van der Waals surface area contributed by atoms with E-state index in [1.165, 1.54) is 18.2 Å². The largest absolute Gasteiger partial charge is 0.424 e. The molecule has 3 aliphatic rings.